The fourth-order valence-electron chi connectivity index (χ4n) is 5.93. The van der Waals surface area contributed by atoms with Gasteiger partial charge in [0.05, 0.1) is 26.8 Å². The molecule has 1 atom stereocenters. The normalized spacial score (nSPS) is 21.9. The molecule has 2 aromatic rings. The Labute approximate surface area is 305 Å². The molecule has 51 heavy (non-hydrogen) atoms. The standard InChI is InChI=1S/C34H43Cl2F2N2O10P/c1-31(2,3)49-51(44,50-32(4,5)6)47-20-30(43)48-27-17-33(39-28(41)18-45-21-7-9-23(35)25(37)15-21)11-13-34(27,14-12-33)40-29(42)19-46-22-8-10-24(36)26(38)16-22/h7-10,15-16,27H,11-14,17-20H2,1-6H3,(H,39,41)(H,40,42)/t27-,33?,34?/m1/s1. The summed E-state index contributed by atoms with van der Waals surface area (Å²) in [6.07, 6.45) is 0.488. The van der Waals surface area contributed by atoms with Gasteiger partial charge in [-0.25, -0.2) is 18.1 Å². The number of amides is 2. The summed E-state index contributed by atoms with van der Waals surface area (Å²) in [4.78, 5) is 39.5. The molecule has 0 heterocycles. The predicted octanol–water partition coefficient (Wildman–Crippen LogP) is 7.08. The van der Waals surface area contributed by atoms with Gasteiger partial charge in [-0.15, -0.1) is 0 Å². The fourth-order valence-corrected chi connectivity index (χ4v) is 7.91. The van der Waals surface area contributed by atoms with E-state index in [0.29, 0.717) is 12.8 Å². The van der Waals surface area contributed by atoms with Gasteiger partial charge in [0.25, 0.3) is 11.8 Å². The molecule has 0 radical (unpaired) electrons. The first-order chi connectivity index (χ1) is 23.6. The lowest BCUT2D eigenvalue weighted by Gasteiger charge is -2.57. The highest BCUT2D eigenvalue weighted by atomic mass is 35.5. The largest absolute Gasteiger partial charge is 0.484 e. The van der Waals surface area contributed by atoms with Crippen LogP contribution in [0.15, 0.2) is 36.4 Å². The van der Waals surface area contributed by atoms with Gasteiger partial charge < -0.3 is 24.8 Å². The van der Waals surface area contributed by atoms with Crippen molar-refractivity contribution < 1.29 is 55.5 Å². The number of carbonyl (C=O) groups is 3. The number of nitrogens with one attached hydrogen (secondary N) is 2. The maximum atomic E-state index is 13.9. The third-order valence-electron chi connectivity index (χ3n) is 7.99. The first-order valence-electron chi connectivity index (χ1n) is 16.2. The minimum Gasteiger partial charge on any atom is -0.484 e. The Balaban J connectivity index is 1.47. The summed E-state index contributed by atoms with van der Waals surface area (Å²) in [7, 11) is -4.26. The Hall–Kier alpha value is -3.00. The number of hydrogen-bond acceptors (Lipinski definition) is 10. The molecule has 2 N–H and O–H groups in total. The van der Waals surface area contributed by atoms with Crippen molar-refractivity contribution in [1.29, 1.82) is 0 Å². The molecule has 0 spiro atoms. The Morgan fingerprint density at radius 2 is 1.25 bits per heavy atom. The lowest BCUT2D eigenvalue weighted by Crippen LogP contribution is -2.71. The Bertz CT molecular complexity index is 1640. The van der Waals surface area contributed by atoms with E-state index in [0.717, 1.165) is 12.1 Å². The molecule has 0 unspecified atom stereocenters. The molecule has 3 fully saturated rings. The third kappa shape index (κ3) is 11.8. The number of halogens is 4. The molecule has 0 aromatic heterocycles. The number of carbonyl (C=O) groups excluding carboxylic acids is 3. The first-order valence-corrected chi connectivity index (χ1v) is 18.4. The third-order valence-corrected chi connectivity index (χ3v) is 10.6. The van der Waals surface area contributed by atoms with Crippen molar-refractivity contribution in [3.8, 4) is 11.5 Å². The first kappa shape index (κ1) is 40.8. The van der Waals surface area contributed by atoms with Crippen molar-refractivity contribution in [2.24, 2.45) is 0 Å². The monoisotopic (exact) mass is 778 g/mol. The second-order valence-electron chi connectivity index (χ2n) is 14.6. The van der Waals surface area contributed by atoms with Crippen LogP contribution in [0.2, 0.25) is 10.0 Å². The number of phosphoric acid groups is 1. The number of hydrogen-bond donors (Lipinski definition) is 2. The van der Waals surface area contributed by atoms with Gasteiger partial charge in [-0.3, -0.25) is 23.2 Å². The van der Waals surface area contributed by atoms with Crippen LogP contribution in [0.4, 0.5) is 8.78 Å². The molecular formula is C34H43Cl2F2N2O10P. The number of esters is 1. The zero-order valence-corrected chi connectivity index (χ0v) is 31.6. The van der Waals surface area contributed by atoms with Crippen molar-refractivity contribution in [2.45, 2.75) is 102 Å². The van der Waals surface area contributed by atoms with Crippen LogP contribution in [0.25, 0.3) is 0 Å². The van der Waals surface area contributed by atoms with Gasteiger partial charge in [-0.05, 0) is 91.5 Å². The van der Waals surface area contributed by atoms with Crippen LogP contribution in [0.5, 0.6) is 11.5 Å². The highest BCUT2D eigenvalue weighted by Gasteiger charge is 2.57. The maximum Gasteiger partial charge on any atom is 0.476 e. The van der Waals surface area contributed by atoms with Gasteiger partial charge in [0, 0.05) is 24.1 Å². The molecule has 17 heteroatoms. The lowest BCUT2D eigenvalue weighted by molar-refractivity contribution is -0.169. The van der Waals surface area contributed by atoms with Crippen LogP contribution >= 0.6 is 31.0 Å². The number of fused-ring (bicyclic) bond motifs is 3. The van der Waals surface area contributed by atoms with E-state index in [4.69, 9.17) is 51.0 Å². The van der Waals surface area contributed by atoms with Gasteiger partial charge in [-0.1, -0.05) is 23.2 Å². The topological polar surface area (TPSA) is 148 Å². The summed E-state index contributed by atoms with van der Waals surface area (Å²) in [6.45, 7) is 8.19. The van der Waals surface area contributed by atoms with Crippen LogP contribution < -0.4 is 20.1 Å². The summed E-state index contributed by atoms with van der Waals surface area (Å²) in [5, 5.41) is 5.73. The summed E-state index contributed by atoms with van der Waals surface area (Å²) in [5.41, 5.74) is -3.81. The smallest absolute Gasteiger partial charge is 0.476 e. The van der Waals surface area contributed by atoms with E-state index >= 15 is 0 Å². The summed E-state index contributed by atoms with van der Waals surface area (Å²) >= 11 is 11.5. The number of ether oxygens (including phenoxy) is 3. The van der Waals surface area contributed by atoms with Crippen LogP contribution in [0, 0.1) is 11.6 Å². The zero-order chi connectivity index (χ0) is 37.8. The zero-order valence-electron chi connectivity index (χ0n) is 29.2. The van der Waals surface area contributed by atoms with Crippen molar-refractivity contribution >= 4 is 48.8 Å². The van der Waals surface area contributed by atoms with Crippen LogP contribution in [0.3, 0.4) is 0 Å². The SMILES string of the molecule is CC(C)(C)OP(=O)(OCC(=O)O[C@@H]1CC2(NC(=O)COc3ccc(Cl)c(F)c3)CCC1(NC(=O)COc1ccc(Cl)c(F)c1)CC2)OC(C)(C)C. The maximum absolute atomic E-state index is 13.9. The Kier molecular flexibility index (Phi) is 12.7. The fraction of sp³-hybridized carbons (Fsp3) is 0.559. The van der Waals surface area contributed by atoms with Crippen LogP contribution in [0.1, 0.15) is 73.6 Å². The lowest BCUT2D eigenvalue weighted by atomic mass is 9.59. The Morgan fingerprint density at radius 3 is 1.71 bits per heavy atom. The quantitative estimate of drug-likeness (QED) is 0.151. The van der Waals surface area contributed by atoms with Crippen LogP contribution in [-0.4, -0.2) is 66.0 Å². The number of rotatable bonds is 14. The predicted molar refractivity (Wildman–Crippen MR) is 184 cm³/mol. The van der Waals surface area contributed by atoms with E-state index in [1.54, 1.807) is 41.5 Å². The summed E-state index contributed by atoms with van der Waals surface area (Å²) in [5.74, 6) is -3.20. The van der Waals surface area contributed by atoms with E-state index in [-0.39, 0.29) is 40.8 Å². The second kappa shape index (κ2) is 15.9. The molecule has 0 saturated heterocycles. The van der Waals surface area contributed by atoms with E-state index in [1.807, 2.05) is 0 Å². The van der Waals surface area contributed by atoms with Crippen molar-refractivity contribution in [1.82, 2.24) is 10.6 Å². The van der Waals surface area contributed by atoms with E-state index < -0.39 is 85.4 Å². The van der Waals surface area contributed by atoms with Gasteiger partial charge >= 0.3 is 13.8 Å². The Morgan fingerprint density at radius 1 is 0.784 bits per heavy atom. The highest BCUT2D eigenvalue weighted by Crippen LogP contribution is 2.55. The average Bonchev–Trinajstić information content (AvgIpc) is 3.00. The molecule has 3 aliphatic carbocycles. The minimum atomic E-state index is -4.26. The van der Waals surface area contributed by atoms with Crippen LogP contribution in [-0.2, 0) is 37.3 Å². The van der Waals surface area contributed by atoms with Gasteiger partial charge in [0.2, 0.25) is 0 Å². The van der Waals surface area contributed by atoms with Gasteiger partial charge in [0.1, 0.15) is 29.2 Å². The molecule has 2 amide bonds. The van der Waals surface area contributed by atoms with Crippen molar-refractivity contribution in [2.75, 3.05) is 19.8 Å². The average molecular weight is 780 g/mol. The second-order valence-corrected chi connectivity index (χ2v) is 16.9. The molecule has 12 nitrogen and oxygen atoms in total. The van der Waals surface area contributed by atoms with Crippen molar-refractivity contribution in [3.63, 3.8) is 0 Å². The molecular weight excluding hydrogens is 736 g/mol. The summed E-state index contributed by atoms with van der Waals surface area (Å²) in [6, 6.07) is 7.57. The van der Waals surface area contributed by atoms with E-state index in [2.05, 4.69) is 10.6 Å². The molecule has 2 bridgehead atoms. The number of phosphoric ester groups is 1. The van der Waals surface area contributed by atoms with Crippen molar-refractivity contribution in [3.05, 3.63) is 58.1 Å². The van der Waals surface area contributed by atoms with Gasteiger partial charge in [0.15, 0.2) is 19.8 Å². The molecule has 0 aliphatic heterocycles. The molecule has 3 saturated carbocycles. The highest BCUT2D eigenvalue weighted by molar-refractivity contribution is 7.48. The molecule has 282 valence electrons. The summed E-state index contributed by atoms with van der Waals surface area (Å²) < 4.78 is 74.7. The molecule has 5 rings (SSSR count). The molecule has 3 aliphatic rings. The minimum absolute atomic E-state index is 0.0848. The number of benzene rings is 2. The van der Waals surface area contributed by atoms with Gasteiger partial charge in [-0.2, -0.15) is 0 Å². The van der Waals surface area contributed by atoms with E-state index in [9.17, 15) is 27.7 Å². The van der Waals surface area contributed by atoms with E-state index in [1.165, 1.54) is 24.3 Å². The molecule has 2 aromatic carbocycles.